The Morgan fingerprint density at radius 1 is 0.818 bits per heavy atom. The molecule has 3 N–H and O–H groups in total. The van der Waals surface area contributed by atoms with Gasteiger partial charge >= 0.3 is 5.97 Å². The van der Waals surface area contributed by atoms with Crippen LogP contribution in [-0.2, 0) is 4.79 Å². The quantitative estimate of drug-likeness (QED) is 0.480. The SMILES string of the molecule is CC(O)C1CCC2(C(=O)O)CCC3(C)C(CCC4[C@@]5(C)CCC(O)C(C)(C)C5CC[C@]43C)C12. The number of aliphatic carboxylic acids is 1. The molecule has 11 atom stereocenters. The van der Waals surface area contributed by atoms with E-state index in [9.17, 15) is 20.1 Å². The van der Waals surface area contributed by atoms with E-state index in [1.54, 1.807) is 0 Å². The molecule has 33 heavy (non-hydrogen) atoms. The molecule has 0 aromatic rings. The molecule has 5 aliphatic carbocycles. The molecule has 0 bridgehead atoms. The zero-order chi connectivity index (χ0) is 24.2. The van der Waals surface area contributed by atoms with Gasteiger partial charge in [0, 0.05) is 0 Å². The summed E-state index contributed by atoms with van der Waals surface area (Å²) >= 11 is 0. The second kappa shape index (κ2) is 7.21. The summed E-state index contributed by atoms with van der Waals surface area (Å²) in [7, 11) is 0. The lowest BCUT2D eigenvalue weighted by molar-refractivity contribution is -0.250. The van der Waals surface area contributed by atoms with Crippen molar-refractivity contribution in [1.29, 1.82) is 0 Å². The summed E-state index contributed by atoms with van der Waals surface area (Å²) in [6, 6.07) is 0. The third-order valence-electron chi connectivity index (χ3n) is 13.5. The van der Waals surface area contributed by atoms with Crippen LogP contribution in [0.4, 0.5) is 0 Å². The Bertz CT molecular complexity index is 820. The van der Waals surface area contributed by atoms with E-state index >= 15 is 0 Å². The second-order valence-corrected chi connectivity index (χ2v) is 14.5. The van der Waals surface area contributed by atoms with Gasteiger partial charge in [-0.3, -0.25) is 4.79 Å². The van der Waals surface area contributed by atoms with Gasteiger partial charge in [0.15, 0.2) is 0 Å². The number of rotatable bonds is 2. The molecule has 5 aliphatic rings. The maximum atomic E-state index is 12.7. The lowest BCUT2D eigenvalue weighted by Crippen LogP contribution is -2.67. The van der Waals surface area contributed by atoms with E-state index in [0.717, 1.165) is 44.9 Å². The van der Waals surface area contributed by atoms with Crippen LogP contribution in [0, 0.1) is 56.7 Å². The minimum absolute atomic E-state index is 0.0417. The van der Waals surface area contributed by atoms with Crippen molar-refractivity contribution in [2.24, 2.45) is 56.7 Å². The fourth-order valence-corrected chi connectivity index (χ4v) is 11.5. The van der Waals surface area contributed by atoms with Crippen molar-refractivity contribution < 1.29 is 20.1 Å². The minimum Gasteiger partial charge on any atom is -0.481 e. The monoisotopic (exact) mass is 460 g/mol. The smallest absolute Gasteiger partial charge is 0.309 e. The highest BCUT2D eigenvalue weighted by molar-refractivity contribution is 5.76. The van der Waals surface area contributed by atoms with Crippen LogP contribution in [0.2, 0.25) is 0 Å². The normalized spacial score (nSPS) is 56.1. The molecule has 0 aliphatic heterocycles. The highest BCUT2D eigenvalue weighted by Gasteiger charge is 2.72. The van der Waals surface area contributed by atoms with Crippen LogP contribution in [0.3, 0.4) is 0 Å². The van der Waals surface area contributed by atoms with Crippen molar-refractivity contribution in [3.63, 3.8) is 0 Å². The first-order valence-electron chi connectivity index (χ1n) is 13.9. The van der Waals surface area contributed by atoms with Crippen molar-refractivity contribution in [1.82, 2.24) is 0 Å². The molecule has 0 amide bonds. The summed E-state index contributed by atoms with van der Waals surface area (Å²) in [5.74, 6) is 1.16. The van der Waals surface area contributed by atoms with Gasteiger partial charge in [0.05, 0.1) is 17.6 Å². The number of aliphatic hydroxyl groups excluding tert-OH is 2. The van der Waals surface area contributed by atoms with Crippen LogP contribution in [0.15, 0.2) is 0 Å². The highest BCUT2D eigenvalue weighted by Crippen LogP contribution is 2.77. The van der Waals surface area contributed by atoms with Gasteiger partial charge < -0.3 is 15.3 Å². The first kappa shape index (κ1) is 24.1. The highest BCUT2D eigenvalue weighted by atomic mass is 16.4. The average Bonchev–Trinajstić information content (AvgIpc) is 3.13. The molecule has 5 fully saturated rings. The third-order valence-corrected chi connectivity index (χ3v) is 13.5. The summed E-state index contributed by atoms with van der Waals surface area (Å²) in [4.78, 5) is 12.7. The van der Waals surface area contributed by atoms with E-state index in [-0.39, 0.29) is 39.6 Å². The number of aliphatic hydroxyl groups is 2. The zero-order valence-electron chi connectivity index (χ0n) is 21.9. The van der Waals surface area contributed by atoms with E-state index in [2.05, 4.69) is 34.6 Å². The fraction of sp³-hybridized carbons (Fsp3) is 0.966. The lowest BCUT2D eigenvalue weighted by Gasteiger charge is -2.72. The summed E-state index contributed by atoms with van der Waals surface area (Å²) in [5, 5.41) is 32.0. The van der Waals surface area contributed by atoms with Gasteiger partial charge in [0.25, 0.3) is 0 Å². The van der Waals surface area contributed by atoms with Crippen molar-refractivity contribution in [2.75, 3.05) is 0 Å². The largest absolute Gasteiger partial charge is 0.481 e. The summed E-state index contributed by atoms with van der Waals surface area (Å²) in [6.07, 6.45) is 9.39. The molecule has 188 valence electrons. The molecule has 5 rings (SSSR count). The van der Waals surface area contributed by atoms with E-state index in [4.69, 9.17) is 0 Å². The average molecular weight is 461 g/mol. The number of hydrogen-bond acceptors (Lipinski definition) is 3. The third kappa shape index (κ3) is 2.80. The van der Waals surface area contributed by atoms with Gasteiger partial charge in [-0.15, -0.1) is 0 Å². The second-order valence-electron chi connectivity index (χ2n) is 14.5. The Balaban J connectivity index is 1.56. The number of carbonyl (C=O) groups is 1. The van der Waals surface area contributed by atoms with E-state index in [1.165, 1.54) is 19.3 Å². The molecule has 0 spiro atoms. The van der Waals surface area contributed by atoms with Gasteiger partial charge in [-0.25, -0.2) is 0 Å². The van der Waals surface area contributed by atoms with E-state index in [0.29, 0.717) is 17.8 Å². The Hall–Kier alpha value is -0.610. The zero-order valence-corrected chi connectivity index (χ0v) is 21.9. The predicted octanol–water partition coefficient (Wildman–Crippen LogP) is 5.89. The van der Waals surface area contributed by atoms with Crippen molar-refractivity contribution >= 4 is 5.97 Å². The molecule has 0 heterocycles. The molecule has 0 aromatic carbocycles. The maximum absolute atomic E-state index is 12.7. The van der Waals surface area contributed by atoms with E-state index in [1.807, 2.05) is 6.92 Å². The van der Waals surface area contributed by atoms with Gasteiger partial charge in [-0.05, 0) is 122 Å². The standard InChI is InChI=1S/C29H48O4/c1-17(30)18-9-14-29(24(32)33)16-15-27(5)19(23(18)29)7-8-21-26(4)12-11-22(31)25(2,3)20(26)10-13-28(21,27)6/h17-23,30-31H,7-16H2,1-6H3,(H,32,33)/t17?,18?,19?,20?,21?,22?,23?,26-,27?,28+,29?/m0/s1. The molecule has 5 saturated carbocycles. The predicted molar refractivity (Wildman–Crippen MR) is 129 cm³/mol. The van der Waals surface area contributed by atoms with Gasteiger partial charge in [0.1, 0.15) is 0 Å². The molecule has 0 radical (unpaired) electrons. The Kier molecular flexibility index (Phi) is 5.27. The van der Waals surface area contributed by atoms with Crippen LogP contribution in [0.25, 0.3) is 0 Å². The van der Waals surface area contributed by atoms with Gasteiger partial charge in [-0.2, -0.15) is 0 Å². The summed E-state index contributed by atoms with van der Waals surface area (Å²) < 4.78 is 0. The Morgan fingerprint density at radius 3 is 2.15 bits per heavy atom. The van der Waals surface area contributed by atoms with E-state index < -0.39 is 17.5 Å². The molecule has 9 unspecified atom stereocenters. The molecule has 0 aromatic heterocycles. The lowest BCUT2D eigenvalue weighted by atomic mass is 9.32. The maximum Gasteiger partial charge on any atom is 0.309 e. The first-order chi connectivity index (χ1) is 15.3. The fourth-order valence-electron chi connectivity index (χ4n) is 11.5. The van der Waals surface area contributed by atoms with Crippen LogP contribution in [0.5, 0.6) is 0 Å². The summed E-state index contributed by atoms with van der Waals surface area (Å²) in [6.45, 7) is 14.1. The van der Waals surface area contributed by atoms with Crippen molar-refractivity contribution in [3.05, 3.63) is 0 Å². The molecular weight excluding hydrogens is 412 g/mol. The number of hydrogen-bond donors (Lipinski definition) is 3. The van der Waals surface area contributed by atoms with Crippen LogP contribution in [0.1, 0.15) is 106 Å². The minimum atomic E-state index is -0.632. The topological polar surface area (TPSA) is 77.8 Å². The molecule has 4 nitrogen and oxygen atoms in total. The van der Waals surface area contributed by atoms with Crippen molar-refractivity contribution in [3.8, 4) is 0 Å². The van der Waals surface area contributed by atoms with Crippen LogP contribution >= 0.6 is 0 Å². The van der Waals surface area contributed by atoms with Crippen molar-refractivity contribution in [2.45, 2.75) is 118 Å². The number of carboxylic acid groups (broad SMARTS) is 1. The first-order valence-corrected chi connectivity index (χ1v) is 13.9. The van der Waals surface area contributed by atoms with Gasteiger partial charge in [-0.1, -0.05) is 34.6 Å². The number of fused-ring (bicyclic) bond motifs is 7. The molecule has 4 heteroatoms. The number of carboxylic acids is 1. The van der Waals surface area contributed by atoms with Crippen LogP contribution < -0.4 is 0 Å². The summed E-state index contributed by atoms with van der Waals surface area (Å²) in [5.41, 5.74) is -0.126. The Morgan fingerprint density at radius 2 is 1.52 bits per heavy atom. The molecular formula is C29H48O4. The van der Waals surface area contributed by atoms with Crippen LogP contribution in [-0.4, -0.2) is 33.5 Å². The Labute approximate surface area is 200 Å². The van der Waals surface area contributed by atoms with Gasteiger partial charge in [0.2, 0.25) is 0 Å². The molecule has 0 saturated heterocycles.